The monoisotopic (exact) mass is 421 g/mol. The molecule has 0 amide bonds. The number of piperidine rings is 1. The van der Waals surface area contributed by atoms with Gasteiger partial charge in [-0.2, -0.15) is 0 Å². The van der Waals surface area contributed by atoms with Crippen molar-refractivity contribution in [3.05, 3.63) is 82.9 Å². The van der Waals surface area contributed by atoms with E-state index >= 15 is 0 Å². The highest BCUT2D eigenvalue weighted by Gasteiger charge is 2.45. The molecule has 158 valence electrons. The molecule has 1 fully saturated rings. The average molecular weight is 421 g/mol. The van der Waals surface area contributed by atoms with Gasteiger partial charge in [0.2, 0.25) is 5.60 Å². The molecule has 4 nitrogen and oxygen atoms in total. The van der Waals surface area contributed by atoms with E-state index in [0.29, 0.717) is 25.0 Å². The van der Waals surface area contributed by atoms with E-state index in [-0.39, 0.29) is 23.2 Å². The average Bonchev–Trinajstić information content (AvgIpc) is 2.91. The third-order valence-electron chi connectivity index (χ3n) is 5.85. The Balaban J connectivity index is 1.70. The van der Waals surface area contributed by atoms with Crippen LogP contribution < -0.4 is 0 Å². The molecule has 30 heavy (non-hydrogen) atoms. The number of likely N-dealkylation sites (N-methyl/N-ethyl adjacent to an activating group) is 1. The van der Waals surface area contributed by atoms with Crippen LogP contribution in [0.3, 0.4) is 0 Å². The van der Waals surface area contributed by atoms with E-state index in [1.165, 1.54) is 0 Å². The molecule has 3 atom stereocenters. The third kappa shape index (κ3) is 3.40. The summed E-state index contributed by atoms with van der Waals surface area (Å²) in [5, 5.41) is 11.3. The van der Waals surface area contributed by atoms with Crippen LogP contribution in [0.2, 0.25) is 0 Å². The lowest BCUT2D eigenvalue weighted by Gasteiger charge is -2.37. The maximum absolute atomic E-state index is 13.9. The minimum atomic E-state index is -2.65. The van der Waals surface area contributed by atoms with Crippen molar-refractivity contribution in [1.82, 2.24) is 4.90 Å². The summed E-state index contributed by atoms with van der Waals surface area (Å²) in [6.07, 6.45) is 4.45. The summed E-state index contributed by atoms with van der Waals surface area (Å²) >= 11 is 0. The molecule has 8 heteroatoms. The van der Waals surface area contributed by atoms with Crippen LogP contribution in [0.1, 0.15) is 24.0 Å². The Morgan fingerprint density at radius 1 is 0.933 bits per heavy atom. The van der Waals surface area contributed by atoms with Crippen molar-refractivity contribution in [2.24, 2.45) is 0 Å². The first-order valence-corrected chi connectivity index (χ1v) is 9.45. The van der Waals surface area contributed by atoms with Gasteiger partial charge in [-0.25, -0.2) is 22.4 Å². The zero-order valence-electron chi connectivity index (χ0n) is 16.0. The van der Waals surface area contributed by atoms with Crippen LogP contribution in [-0.4, -0.2) is 41.2 Å². The van der Waals surface area contributed by atoms with E-state index in [0.717, 1.165) is 24.3 Å². The number of rotatable bonds is 4. The molecule has 2 aliphatic heterocycles. The summed E-state index contributed by atoms with van der Waals surface area (Å²) in [5.41, 5.74) is -3.36. The molecule has 2 aromatic carbocycles. The molecule has 1 N–H and O–H groups in total. The van der Waals surface area contributed by atoms with Crippen LogP contribution >= 0.6 is 0 Å². The Labute approximate surface area is 170 Å². The second-order valence-electron chi connectivity index (χ2n) is 7.65. The van der Waals surface area contributed by atoms with E-state index in [1.54, 1.807) is 0 Å². The largest absolute Gasteiger partial charge is 0.460 e. The molecule has 1 saturated heterocycles. The van der Waals surface area contributed by atoms with Crippen molar-refractivity contribution in [3.63, 3.8) is 0 Å². The highest BCUT2D eigenvalue weighted by atomic mass is 19.2. The number of aliphatic hydroxyl groups is 1. The summed E-state index contributed by atoms with van der Waals surface area (Å²) in [5.74, 6) is -6.14. The first-order chi connectivity index (χ1) is 14.2. The highest BCUT2D eigenvalue weighted by molar-refractivity contribution is 5.85. The molecule has 1 unspecified atom stereocenters. The first kappa shape index (κ1) is 20.6. The zero-order chi connectivity index (χ0) is 21.6. The molecule has 4 rings (SSSR count). The second kappa shape index (κ2) is 7.52. The summed E-state index contributed by atoms with van der Waals surface area (Å²) < 4.78 is 60.1. The topological polar surface area (TPSA) is 49.8 Å². The van der Waals surface area contributed by atoms with E-state index in [4.69, 9.17) is 4.74 Å². The van der Waals surface area contributed by atoms with E-state index in [9.17, 15) is 27.5 Å². The minimum absolute atomic E-state index is 0.0705. The molecule has 0 saturated carbocycles. The summed E-state index contributed by atoms with van der Waals surface area (Å²) in [4.78, 5) is 15.2. The Morgan fingerprint density at radius 2 is 1.40 bits per heavy atom. The number of halogens is 4. The number of carbonyl (C=O) groups is 1. The Morgan fingerprint density at radius 3 is 1.83 bits per heavy atom. The van der Waals surface area contributed by atoms with Crippen LogP contribution in [0.4, 0.5) is 17.6 Å². The van der Waals surface area contributed by atoms with Gasteiger partial charge in [0.05, 0.1) is 0 Å². The maximum Gasteiger partial charge on any atom is 0.347 e. The number of carbonyl (C=O) groups excluding carboxylic acids is 1. The van der Waals surface area contributed by atoms with Crippen molar-refractivity contribution >= 4 is 5.97 Å². The zero-order valence-corrected chi connectivity index (χ0v) is 16.0. The fourth-order valence-corrected chi connectivity index (χ4v) is 4.08. The number of nitrogens with zero attached hydrogens (tertiary/aromatic N) is 1. The van der Waals surface area contributed by atoms with Crippen molar-refractivity contribution in [1.29, 1.82) is 0 Å². The Bertz CT molecular complexity index is 958. The minimum Gasteiger partial charge on any atom is -0.460 e. The van der Waals surface area contributed by atoms with Crippen molar-refractivity contribution in [3.8, 4) is 0 Å². The van der Waals surface area contributed by atoms with Gasteiger partial charge in [-0.05, 0) is 31.3 Å². The Kier molecular flexibility index (Phi) is 5.15. The molecule has 0 aromatic heterocycles. The quantitative estimate of drug-likeness (QED) is 0.467. The number of esters is 1. The third-order valence-corrected chi connectivity index (χ3v) is 5.85. The van der Waals surface area contributed by atoms with Gasteiger partial charge < -0.3 is 9.84 Å². The van der Waals surface area contributed by atoms with Crippen LogP contribution in [0.5, 0.6) is 0 Å². The summed E-state index contributed by atoms with van der Waals surface area (Å²) in [6.45, 7) is 0. The fourth-order valence-electron chi connectivity index (χ4n) is 4.08. The first-order valence-electron chi connectivity index (χ1n) is 9.45. The number of ether oxygens (including phenoxy) is 1. The lowest BCUT2D eigenvalue weighted by Crippen LogP contribution is -2.47. The van der Waals surface area contributed by atoms with E-state index in [2.05, 4.69) is 4.90 Å². The molecule has 0 spiro atoms. The van der Waals surface area contributed by atoms with Gasteiger partial charge >= 0.3 is 5.97 Å². The Hall–Kier alpha value is -2.71. The number of hydrogen-bond donors (Lipinski definition) is 1. The summed E-state index contributed by atoms with van der Waals surface area (Å²) in [6, 6.07) is 4.89. The van der Waals surface area contributed by atoms with Gasteiger partial charge in [0.15, 0.2) is 23.3 Å². The van der Waals surface area contributed by atoms with Gasteiger partial charge in [0.1, 0.15) is 6.10 Å². The smallest absolute Gasteiger partial charge is 0.347 e. The van der Waals surface area contributed by atoms with Crippen LogP contribution in [-0.2, 0) is 15.1 Å². The van der Waals surface area contributed by atoms with Gasteiger partial charge in [-0.15, -0.1) is 0 Å². The molecule has 0 radical (unpaired) electrons. The standard InChI is InChI=1S/C22H19F4NO3/c1-27-14-4-5-15(27)11-16(10-14)30-21(28)22(29,12-2-6-17(23)19(25)8-12)13-3-7-18(24)20(26)9-13/h2-9,14-16,29H,10-11H2,1H3/t14-,15+,16?. The van der Waals surface area contributed by atoms with Crippen molar-refractivity contribution < 1.29 is 32.2 Å². The fraction of sp³-hybridized carbons (Fsp3) is 0.318. The van der Waals surface area contributed by atoms with Crippen molar-refractivity contribution in [2.75, 3.05) is 7.05 Å². The van der Waals surface area contributed by atoms with Crippen LogP contribution in [0.15, 0.2) is 48.6 Å². The lowest BCUT2D eigenvalue weighted by molar-refractivity contribution is -0.171. The van der Waals surface area contributed by atoms with Gasteiger partial charge in [0, 0.05) is 36.1 Å². The molecule has 2 aromatic rings. The predicted octanol–water partition coefficient (Wildman–Crippen LogP) is 3.42. The predicted molar refractivity (Wildman–Crippen MR) is 99.3 cm³/mol. The van der Waals surface area contributed by atoms with Gasteiger partial charge in [0.25, 0.3) is 0 Å². The normalized spacial score (nSPS) is 23.6. The highest BCUT2D eigenvalue weighted by Crippen LogP contribution is 2.36. The maximum atomic E-state index is 13.9. The molecular weight excluding hydrogens is 402 g/mol. The lowest BCUT2D eigenvalue weighted by atomic mass is 9.86. The molecule has 2 bridgehead atoms. The van der Waals surface area contributed by atoms with Gasteiger partial charge in [-0.1, -0.05) is 24.3 Å². The SMILES string of the molecule is CN1[C@@H]2C=C[C@H]1CC(OC(=O)C(O)(c1ccc(F)c(F)c1)c1ccc(F)c(F)c1)C2. The molecule has 2 aliphatic rings. The van der Waals surface area contributed by atoms with Crippen LogP contribution in [0.25, 0.3) is 0 Å². The number of hydrogen-bond acceptors (Lipinski definition) is 4. The summed E-state index contributed by atoms with van der Waals surface area (Å²) in [7, 11) is 1.95. The van der Waals surface area contributed by atoms with Gasteiger partial charge in [-0.3, -0.25) is 4.90 Å². The number of fused-ring (bicyclic) bond motifs is 2. The van der Waals surface area contributed by atoms with E-state index < -0.39 is 40.9 Å². The van der Waals surface area contributed by atoms with Crippen molar-refractivity contribution in [2.45, 2.75) is 36.6 Å². The van der Waals surface area contributed by atoms with E-state index in [1.807, 2.05) is 19.2 Å². The van der Waals surface area contributed by atoms with Crippen LogP contribution in [0, 0.1) is 23.3 Å². The number of benzene rings is 2. The molecular formula is C22H19F4NO3. The molecule has 0 aliphatic carbocycles. The molecule has 2 heterocycles. The second-order valence-corrected chi connectivity index (χ2v) is 7.65.